The highest BCUT2D eigenvalue weighted by Crippen LogP contribution is 2.27. The molecule has 0 heterocycles. The molecule has 154 valence electrons. The highest BCUT2D eigenvalue weighted by atomic mass is 127. The Morgan fingerprint density at radius 3 is 2.59 bits per heavy atom. The average Bonchev–Trinajstić information content (AvgIpc) is 2.65. The topological polar surface area (TPSA) is 110 Å². The van der Waals surface area contributed by atoms with E-state index < -0.39 is 27.0 Å². The molecule has 0 bridgehead atoms. The first kappa shape index (κ1) is 23.0. The van der Waals surface area contributed by atoms with E-state index in [1.165, 1.54) is 19.1 Å². The predicted molar refractivity (Wildman–Crippen MR) is 114 cm³/mol. The second-order valence-corrected chi connectivity index (χ2v) is 8.63. The van der Waals surface area contributed by atoms with Crippen LogP contribution in [0.5, 0.6) is 5.75 Å². The third kappa shape index (κ3) is 6.65. The van der Waals surface area contributed by atoms with Gasteiger partial charge in [0.15, 0.2) is 0 Å². The van der Waals surface area contributed by atoms with Crippen LogP contribution in [0.4, 0.5) is 0 Å². The molecule has 0 fully saturated rings. The summed E-state index contributed by atoms with van der Waals surface area (Å²) < 4.78 is 45.2. The quantitative estimate of drug-likeness (QED) is 0.169. The highest BCUT2D eigenvalue weighted by molar-refractivity contribution is 14.1. The van der Waals surface area contributed by atoms with E-state index in [4.69, 9.17) is 9.47 Å². The first-order valence-electron chi connectivity index (χ1n) is 8.48. The number of carbonyl (C=O) groups excluding carboxylic acids is 2. The maximum absolute atomic E-state index is 12.0. The molecule has 9 heteroatoms. The molecule has 0 saturated heterocycles. The van der Waals surface area contributed by atoms with Crippen molar-refractivity contribution in [2.75, 3.05) is 6.61 Å². The van der Waals surface area contributed by atoms with Crippen LogP contribution >= 0.6 is 22.6 Å². The van der Waals surface area contributed by atoms with Crippen molar-refractivity contribution in [2.24, 2.45) is 0 Å². The van der Waals surface area contributed by atoms with Crippen LogP contribution in [-0.2, 0) is 19.6 Å². The summed E-state index contributed by atoms with van der Waals surface area (Å²) in [5, 5.41) is 0. The van der Waals surface area contributed by atoms with Gasteiger partial charge >= 0.3 is 11.9 Å². The Kier molecular flexibility index (Phi) is 7.94. The SMILES string of the molecule is C=Cc1cc(OC(=O)CCCOC(=O)c2cccc(I)c2)c(C)cc1S(=O)(=O)[O-]. The fraction of sp³-hybridized carbons (Fsp3) is 0.200. The molecule has 0 aliphatic heterocycles. The van der Waals surface area contributed by atoms with Gasteiger partial charge in [-0.3, -0.25) is 4.79 Å². The molecule has 0 spiro atoms. The van der Waals surface area contributed by atoms with Crippen LogP contribution < -0.4 is 4.74 Å². The first-order chi connectivity index (χ1) is 13.6. The molecule has 0 radical (unpaired) electrons. The Morgan fingerprint density at radius 1 is 1.24 bits per heavy atom. The Labute approximate surface area is 182 Å². The molecule has 0 atom stereocenters. The normalized spacial score (nSPS) is 11.0. The van der Waals surface area contributed by atoms with E-state index in [2.05, 4.69) is 29.2 Å². The van der Waals surface area contributed by atoms with Crippen LogP contribution in [-0.4, -0.2) is 31.5 Å². The van der Waals surface area contributed by atoms with Crippen molar-refractivity contribution in [3.05, 3.63) is 63.2 Å². The number of halogens is 1. The molecule has 0 saturated carbocycles. The first-order valence-corrected chi connectivity index (χ1v) is 11.0. The zero-order valence-electron chi connectivity index (χ0n) is 15.5. The molecule has 0 aliphatic rings. The highest BCUT2D eigenvalue weighted by Gasteiger charge is 2.14. The lowest BCUT2D eigenvalue weighted by atomic mass is 10.1. The molecule has 2 aromatic carbocycles. The Morgan fingerprint density at radius 2 is 1.97 bits per heavy atom. The molecular weight excluding hydrogens is 511 g/mol. The van der Waals surface area contributed by atoms with Gasteiger partial charge in [0.05, 0.1) is 17.1 Å². The van der Waals surface area contributed by atoms with Crippen LogP contribution in [0, 0.1) is 10.5 Å². The second kappa shape index (κ2) is 9.99. The van der Waals surface area contributed by atoms with Gasteiger partial charge in [0.1, 0.15) is 15.9 Å². The van der Waals surface area contributed by atoms with Gasteiger partial charge in [-0.2, -0.15) is 0 Å². The number of hydrogen-bond acceptors (Lipinski definition) is 7. The summed E-state index contributed by atoms with van der Waals surface area (Å²) >= 11 is 2.09. The van der Waals surface area contributed by atoms with Gasteiger partial charge in [0, 0.05) is 9.99 Å². The molecule has 0 unspecified atom stereocenters. The molecule has 29 heavy (non-hydrogen) atoms. The van der Waals surface area contributed by atoms with Crippen LogP contribution in [0.3, 0.4) is 0 Å². The number of carbonyl (C=O) groups is 2. The number of rotatable bonds is 8. The maximum atomic E-state index is 12.0. The van der Waals surface area contributed by atoms with Gasteiger partial charge in [-0.1, -0.05) is 18.7 Å². The minimum absolute atomic E-state index is 0.00985. The van der Waals surface area contributed by atoms with E-state index in [1.807, 2.05) is 6.07 Å². The summed E-state index contributed by atoms with van der Waals surface area (Å²) in [6.07, 6.45) is 1.45. The molecule has 7 nitrogen and oxygen atoms in total. The molecule has 0 aliphatic carbocycles. The van der Waals surface area contributed by atoms with Crippen molar-refractivity contribution >= 4 is 50.7 Å². The second-order valence-electron chi connectivity index (χ2n) is 6.04. The molecule has 2 aromatic rings. The van der Waals surface area contributed by atoms with Gasteiger partial charge in [0.2, 0.25) is 0 Å². The van der Waals surface area contributed by atoms with Crippen LogP contribution in [0.1, 0.15) is 34.3 Å². The molecule has 0 amide bonds. The lowest BCUT2D eigenvalue weighted by molar-refractivity contribution is -0.134. The minimum atomic E-state index is -4.68. The van der Waals surface area contributed by atoms with Gasteiger partial charge in [-0.15, -0.1) is 0 Å². The van der Waals surface area contributed by atoms with Gasteiger partial charge in [-0.25, -0.2) is 13.2 Å². The molecule has 2 rings (SSSR count). The summed E-state index contributed by atoms with van der Waals surface area (Å²) in [7, 11) is -4.68. The number of ether oxygens (including phenoxy) is 2. The van der Waals surface area contributed by atoms with Crippen molar-refractivity contribution in [3.63, 3.8) is 0 Å². The summed E-state index contributed by atoms with van der Waals surface area (Å²) in [5.41, 5.74) is 0.809. The van der Waals surface area contributed by atoms with E-state index in [0.717, 1.165) is 9.64 Å². The maximum Gasteiger partial charge on any atom is 0.338 e. The molecule has 0 N–H and O–H groups in total. The lowest BCUT2D eigenvalue weighted by Crippen LogP contribution is -2.12. The largest absolute Gasteiger partial charge is 0.744 e. The standard InChI is InChI=1S/C20H19IO7S/c1-3-14-12-17(13(2)10-18(14)29(24,25)26)28-19(22)8-5-9-27-20(23)15-6-4-7-16(21)11-15/h3-4,6-7,10-12H,1,5,8-9H2,2H3,(H,24,25,26)/p-1. The average molecular weight is 529 g/mol. The predicted octanol–water partition coefficient (Wildman–Crippen LogP) is 3.69. The van der Waals surface area contributed by atoms with Crippen LogP contribution in [0.2, 0.25) is 0 Å². The third-order valence-electron chi connectivity index (χ3n) is 3.84. The fourth-order valence-electron chi connectivity index (χ4n) is 2.42. The van der Waals surface area contributed by atoms with Crippen molar-refractivity contribution < 1.29 is 32.0 Å². The molecular formula is C20H18IO7S-. The monoisotopic (exact) mass is 529 g/mol. The van der Waals surface area contributed by atoms with Gasteiger partial charge in [0.25, 0.3) is 0 Å². The number of aryl methyl sites for hydroxylation is 1. The fourth-order valence-corrected chi connectivity index (χ4v) is 3.71. The number of benzene rings is 2. The van der Waals surface area contributed by atoms with E-state index >= 15 is 0 Å². The minimum Gasteiger partial charge on any atom is -0.744 e. The van der Waals surface area contributed by atoms with Crippen LogP contribution in [0.15, 0.2) is 47.9 Å². The Bertz CT molecular complexity index is 1040. The van der Waals surface area contributed by atoms with E-state index in [0.29, 0.717) is 11.1 Å². The summed E-state index contributed by atoms with van der Waals surface area (Å²) in [6, 6.07) is 9.37. The van der Waals surface area contributed by atoms with E-state index in [1.54, 1.807) is 18.2 Å². The van der Waals surface area contributed by atoms with E-state index in [9.17, 15) is 22.6 Å². The summed E-state index contributed by atoms with van der Waals surface area (Å²) in [4.78, 5) is 23.5. The van der Waals surface area contributed by atoms with Crippen LogP contribution in [0.25, 0.3) is 6.08 Å². The van der Waals surface area contributed by atoms with Crippen molar-refractivity contribution in [1.82, 2.24) is 0 Å². The van der Waals surface area contributed by atoms with E-state index in [-0.39, 0.29) is 30.8 Å². The third-order valence-corrected chi connectivity index (χ3v) is 5.40. The zero-order valence-corrected chi connectivity index (χ0v) is 18.5. The number of hydrogen-bond donors (Lipinski definition) is 0. The van der Waals surface area contributed by atoms with Gasteiger partial charge in [-0.05, 0) is 77.4 Å². The number of esters is 2. The smallest absolute Gasteiger partial charge is 0.338 e. The Hall–Kier alpha value is -2.24. The van der Waals surface area contributed by atoms with Crippen molar-refractivity contribution in [2.45, 2.75) is 24.7 Å². The lowest BCUT2D eigenvalue weighted by Gasteiger charge is -2.15. The Balaban J connectivity index is 1.91. The van der Waals surface area contributed by atoms with Gasteiger partial charge < -0.3 is 14.0 Å². The van der Waals surface area contributed by atoms with Crippen molar-refractivity contribution in [1.29, 1.82) is 0 Å². The summed E-state index contributed by atoms with van der Waals surface area (Å²) in [6.45, 7) is 5.04. The van der Waals surface area contributed by atoms with Crippen molar-refractivity contribution in [3.8, 4) is 5.75 Å². The molecule has 0 aromatic heterocycles. The summed E-state index contributed by atoms with van der Waals surface area (Å²) in [5.74, 6) is -0.919. The zero-order chi connectivity index (χ0) is 21.6.